The second-order valence-electron chi connectivity index (χ2n) is 5.27. The van der Waals surface area contributed by atoms with Crippen LogP contribution < -0.4 is 0 Å². The molecule has 0 aliphatic carbocycles. The zero-order valence-electron chi connectivity index (χ0n) is 11.9. The Balaban J connectivity index is 2.29. The number of ether oxygens (including phenoxy) is 1. The molecule has 1 aliphatic heterocycles. The number of nitrogens with zero attached hydrogens (tertiary/aromatic N) is 1. The second kappa shape index (κ2) is 7.46. The first-order valence-corrected chi connectivity index (χ1v) is 8.59. The quantitative estimate of drug-likeness (QED) is 0.671. The Morgan fingerprint density at radius 3 is 2.33 bits per heavy atom. The summed E-state index contributed by atoms with van der Waals surface area (Å²) in [5, 5.41) is -0.320. The lowest BCUT2D eigenvalue weighted by Gasteiger charge is -2.32. The number of rotatable bonds is 7. The molecule has 108 valence electrons. The van der Waals surface area contributed by atoms with Crippen molar-refractivity contribution in [3.8, 4) is 0 Å². The van der Waals surface area contributed by atoms with Crippen LogP contribution in [-0.2, 0) is 14.8 Å². The van der Waals surface area contributed by atoms with E-state index < -0.39 is 10.0 Å². The predicted octanol–water partition coefficient (Wildman–Crippen LogP) is 2.40. The summed E-state index contributed by atoms with van der Waals surface area (Å²) in [5.41, 5.74) is 0. The van der Waals surface area contributed by atoms with E-state index in [9.17, 15) is 8.42 Å². The third kappa shape index (κ3) is 4.52. The summed E-state index contributed by atoms with van der Waals surface area (Å²) in [6, 6.07) is 0. The van der Waals surface area contributed by atoms with Crippen LogP contribution in [0.1, 0.15) is 52.9 Å². The van der Waals surface area contributed by atoms with Crippen LogP contribution in [0.15, 0.2) is 0 Å². The highest BCUT2D eigenvalue weighted by molar-refractivity contribution is 7.89. The average Bonchev–Trinajstić information content (AvgIpc) is 2.35. The van der Waals surface area contributed by atoms with Crippen molar-refractivity contribution in [1.29, 1.82) is 0 Å². The van der Waals surface area contributed by atoms with Gasteiger partial charge in [-0.25, -0.2) is 12.7 Å². The van der Waals surface area contributed by atoms with E-state index in [1.165, 1.54) is 12.8 Å². The smallest absolute Gasteiger partial charge is 0.216 e. The van der Waals surface area contributed by atoms with E-state index >= 15 is 0 Å². The summed E-state index contributed by atoms with van der Waals surface area (Å²) in [6.45, 7) is 7.69. The normalized spacial score (nSPS) is 19.6. The van der Waals surface area contributed by atoms with Crippen LogP contribution in [0.5, 0.6) is 0 Å². The van der Waals surface area contributed by atoms with Gasteiger partial charge in [-0.1, -0.05) is 19.8 Å². The molecule has 0 bridgehead atoms. The lowest BCUT2D eigenvalue weighted by atomic mass is 10.1. The van der Waals surface area contributed by atoms with Crippen LogP contribution in [0.25, 0.3) is 0 Å². The molecule has 5 heteroatoms. The van der Waals surface area contributed by atoms with E-state index in [0.29, 0.717) is 13.1 Å². The van der Waals surface area contributed by atoms with Gasteiger partial charge >= 0.3 is 0 Å². The van der Waals surface area contributed by atoms with Crippen molar-refractivity contribution >= 4 is 10.0 Å². The molecule has 0 radical (unpaired) electrons. The molecule has 0 spiro atoms. The van der Waals surface area contributed by atoms with Gasteiger partial charge in [0.05, 0.1) is 11.4 Å². The fourth-order valence-electron chi connectivity index (χ4n) is 2.15. The van der Waals surface area contributed by atoms with E-state index in [0.717, 1.165) is 25.9 Å². The first-order valence-electron chi connectivity index (χ1n) is 7.09. The Labute approximate surface area is 112 Å². The van der Waals surface area contributed by atoms with Crippen LogP contribution in [0.2, 0.25) is 0 Å². The lowest BCUT2D eigenvalue weighted by molar-refractivity contribution is 0.0193. The Bertz CT molecular complexity index is 319. The summed E-state index contributed by atoms with van der Waals surface area (Å²) >= 11 is 0. The minimum Gasteiger partial charge on any atom is -0.378 e. The number of hydrogen-bond acceptors (Lipinski definition) is 3. The molecule has 1 aliphatic rings. The molecule has 4 nitrogen and oxygen atoms in total. The number of unbranched alkanes of at least 4 members (excludes halogenated alkanes) is 2. The number of sulfonamides is 1. The molecule has 0 unspecified atom stereocenters. The second-order valence-corrected chi connectivity index (χ2v) is 7.76. The van der Waals surface area contributed by atoms with Gasteiger partial charge in [-0.15, -0.1) is 0 Å². The third-order valence-corrected chi connectivity index (χ3v) is 5.73. The molecule has 0 saturated carbocycles. The van der Waals surface area contributed by atoms with Gasteiger partial charge in [0, 0.05) is 19.7 Å². The molecule has 0 aromatic heterocycles. The molecule has 1 rings (SSSR count). The van der Waals surface area contributed by atoms with Crippen LogP contribution in [0.4, 0.5) is 0 Å². The van der Waals surface area contributed by atoms with E-state index in [1.54, 1.807) is 18.2 Å². The predicted molar refractivity (Wildman–Crippen MR) is 74.1 cm³/mol. The van der Waals surface area contributed by atoms with Crippen molar-refractivity contribution < 1.29 is 13.2 Å². The van der Waals surface area contributed by atoms with Crippen molar-refractivity contribution in [1.82, 2.24) is 4.31 Å². The summed E-state index contributed by atoms with van der Waals surface area (Å²) in [4.78, 5) is 0. The molecule has 0 aromatic rings. The van der Waals surface area contributed by atoms with Gasteiger partial charge in [0.1, 0.15) is 0 Å². The Morgan fingerprint density at radius 2 is 1.83 bits per heavy atom. The minimum absolute atomic E-state index is 0.250. The standard InChI is InChI=1S/C13H27NO3S/c1-4-5-6-11-17-13-7-9-14(10-8-13)18(15,16)12(2)3/h12-13H,4-11H2,1-3H3. The van der Waals surface area contributed by atoms with Crippen LogP contribution in [-0.4, -0.2) is 43.8 Å². The highest BCUT2D eigenvalue weighted by Gasteiger charge is 2.30. The maximum atomic E-state index is 12.0. The van der Waals surface area contributed by atoms with Gasteiger partial charge in [0.25, 0.3) is 0 Å². The van der Waals surface area contributed by atoms with Crippen molar-refractivity contribution in [2.75, 3.05) is 19.7 Å². The van der Waals surface area contributed by atoms with Gasteiger partial charge in [-0.05, 0) is 33.1 Å². The van der Waals surface area contributed by atoms with Gasteiger partial charge in [0.2, 0.25) is 10.0 Å². The molecule has 18 heavy (non-hydrogen) atoms. The minimum atomic E-state index is -3.07. The largest absolute Gasteiger partial charge is 0.378 e. The van der Waals surface area contributed by atoms with E-state index in [2.05, 4.69) is 6.92 Å². The van der Waals surface area contributed by atoms with E-state index in [4.69, 9.17) is 4.74 Å². The van der Waals surface area contributed by atoms with Crippen molar-refractivity contribution in [2.45, 2.75) is 64.2 Å². The zero-order valence-corrected chi connectivity index (χ0v) is 12.7. The molecule has 1 saturated heterocycles. The highest BCUT2D eigenvalue weighted by Crippen LogP contribution is 2.19. The maximum absolute atomic E-state index is 12.0. The Kier molecular flexibility index (Phi) is 6.60. The first-order chi connectivity index (χ1) is 8.48. The summed E-state index contributed by atoms with van der Waals surface area (Å²) < 4.78 is 31.4. The Hall–Kier alpha value is -0.130. The summed E-state index contributed by atoms with van der Waals surface area (Å²) in [7, 11) is -3.07. The van der Waals surface area contributed by atoms with E-state index in [-0.39, 0.29) is 11.4 Å². The average molecular weight is 277 g/mol. The summed E-state index contributed by atoms with van der Waals surface area (Å²) in [5.74, 6) is 0. The van der Waals surface area contributed by atoms with Gasteiger partial charge in [-0.2, -0.15) is 0 Å². The fourth-order valence-corrected chi connectivity index (χ4v) is 3.47. The number of hydrogen-bond donors (Lipinski definition) is 0. The van der Waals surface area contributed by atoms with E-state index in [1.807, 2.05) is 0 Å². The molecule has 1 heterocycles. The monoisotopic (exact) mass is 277 g/mol. The van der Waals surface area contributed by atoms with Gasteiger partial charge in [-0.3, -0.25) is 0 Å². The summed E-state index contributed by atoms with van der Waals surface area (Å²) in [6.07, 6.45) is 5.44. The lowest BCUT2D eigenvalue weighted by Crippen LogP contribution is -2.43. The number of piperidine rings is 1. The van der Waals surface area contributed by atoms with Crippen LogP contribution in [0, 0.1) is 0 Å². The molecule has 0 N–H and O–H groups in total. The van der Waals surface area contributed by atoms with Crippen molar-refractivity contribution in [2.24, 2.45) is 0 Å². The topological polar surface area (TPSA) is 46.6 Å². The molecule has 0 amide bonds. The van der Waals surface area contributed by atoms with Crippen LogP contribution in [0.3, 0.4) is 0 Å². The van der Waals surface area contributed by atoms with Gasteiger partial charge in [0.15, 0.2) is 0 Å². The SMILES string of the molecule is CCCCCOC1CCN(S(=O)(=O)C(C)C)CC1. The van der Waals surface area contributed by atoms with Crippen molar-refractivity contribution in [3.05, 3.63) is 0 Å². The maximum Gasteiger partial charge on any atom is 0.216 e. The van der Waals surface area contributed by atoms with Crippen molar-refractivity contribution in [3.63, 3.8) is 0 Å². The molecule has 1 fully saturated rings. The van der Waals surface area contributed by atoms with Crippen LogP contribution >= 0.6 is 0 Å². The highest BCUT2D eigenvalue weighted by atomic mass is 32.2. The fraction of sp³-hybridized carbons (Fsp3) is 1.00. The molecular weight excluding hydrogens is 250 g/mol. The van der Waals surface area contributed by atoms with Gasteiger partial charge < -0.3 is 4.74 Å². The third-order valence-electron chi connectivity index (χ3n) is 3.46. The molecule has 0 aromatic carbocycles. The molecular formula is C13H27NO3S. The Morgan fingerprint density at radius 1 is 1.22 bits per heavy atom. The molecule has 0 atom stereocenters. The first kappa shape index (κ1) is 15.9. The zero-order chi connectivity index (χ0) is 13.6.